The number of fused-ring (bicyclic) bond motifs is 1. The molecule has 0 N–H and O–H groups in total. The minimum Gasteiger partial charge on any atom is -0.357 e. The predicted octanol–water partition coefficient (Wildman–Crippen LogP) is 2.09. The van der Waals surface area contributed by atoms with E-state index in [4.69, 9.17) is 4.74 Å². The molecule has 1 fully saturated rings. The van der Waals surface area contributed by atoms with Gasteiger partial charge in [0.05, 0.1) is 6.54 Å². The van der Waals surface area contributed by atoms with Gasteiger partial charge in [0.25, 0.3) is 0 Å². The van der Waals surface area contributed by atoms with Gasteiger partial charge in [-0.2, -0.15) is 5.10 Å². The van der Waals surface area contributed by atoms with E-state index in [0.717, 1.165) is 36.1 Å². The quantitative estimate of drug-likeness (QED) is 0.707. The molecule has 2 aliphatic heterocycles. The molecule has 6 heteroatoms. The molecule has 0 bridgehead atoms. The van der Waals surface area contributed by atoms with Crippen molar-refractivity contribution in [2.75, 3.05) is 13.2 Å². The van der Waals surface area contributed by atoms with E-state index in [0.29, 0.717) is 6.54 Å². The van der Waals surface area contributed by atoms with Gasteiger partial charge in [-0.05, 0) is 41.9 Å². The lowest BCUT2D eigenvalue weighted by atomic mass is 10.1. The molecule has 0 radical (unpaired) electrons. The molecular weight excluding hydrogens is 357 g/mol. The van der Waals surface area contributed by atoms with Crippen molar-refractivity contribution in [1.82, 2.24) is 14.7 Å². The van der Waals surface area contributed by atoms with Crippen LogP contribution in [0.5, 0.6) is 0 Å². The summed E-state index contributed by atoms with van der Waals surface area (Å²) in [7, 11) is 0. The van der Waals surface area contributed by atoms with E-state index in [1.807, 2.05) is 4.90 Å². The van der Waals surface area contributed by atoms with Crippen molar-refractivity contribution in [3.05, 3.63) is 15.0 Å². The van der Waals surface area contributed by atoms with E-state index in [1.54, 1.807) is 6.92 Å². The van der Waals surface area contributed by atoms with Crippen molar-refractivity contribution < 1.29 is 9.53 Å². The first-order chi connectivity index (χ1) is 9.16. The number of aromatic nitrogens is 2. The maximum atomic E-state index is 11.5. The maximum Gasteiger partial charge on any atom is 0.219 e. The fraction of sp³-hybridized carbons (Fsp3) is 0.692. The summed E-state index contributed by atoms with van der Waals surface area (Å²) < 4.78 is 8.90. The van der Waals surface area contributed by atoms with E-state index in [2.05, 4.69) is 32.4 Å². The molecule has 2 aliphatic rings. The molecule has 1 saturated heterocycles. The molecule has 1 atom stereocenters. The smallest absolute Gasteiger partial charge is 0.219 e. The van der Waals surface area contributed by atoms with Crippen LogP contribution in [0.1, 0.15) is 43.7 Å². The number of carbonyl (C=O) groups excluding carboxylic acids is 1. The van der Waals surface area contributed by atoms with Crippen LogP contribution in [-0.4, -0.2) is 33.7 Å². The maximum absolute atomic E-state index is 11.5. The minimum absolute atomic E-state index is 0.0925. The molecule has 1 aromatic rings. The topological polar surface area (TPSA) is 47.4 Å². The van der Waals surface area contributed by atoms with E-state index in [9.17, 15) is 4.79 Å². The Labute approximate surface area is 126 Å². The molecule has 0 saturated carbocycles. The van der Waals surface area contributed by atoms with Crippen LogP contribution in [0.4, 0.5) is 0 Å². The minimum atomic E-state index is 0.0925. The summed E-state index contributed by atoms with van der Waals surface area (Å²) in [5.41, 5.74) is 2.46. The van der Waals surface area contributed by atoms with Gasteiger partial charge >= 0.3 is 0 Å². The Bertz CT molecular complexity index is 494. The van der Waals surface area contributed by atoms with Gasteiger partial charge in [0.1, 0.15) is 3.70 Å². The number of nitrogens with zero attached hydrogens (tertiary/aromatic N) is 3. The second-order valence-electron chi connectivity index (χ2n) is 5.17. The van der Waals surface area contributed by atoms with Gasteiger partial charge in [-0.15, -0.1) is 0 Å². The second kappa shape index (κ2) is 5.40. The van der Waals surface area contributed by atoms with Crippen molar-refractivity contribution in [2.24, 2.45) is 0 Å². The van der Waals surface area contributed by atoms with E-state index >= 15 is 0 Å². The Hall–Kier alpha value is -0.630. The number of carbonyl (C=O) groups is 1. The van der Waals surface area contributed by atoms with Gasteiger partial charge in [-0.1, -0.05) is 0 Å². The molecule has 1 aromatic heterocycles. The first-order valence-corrected chi connectivity index (χ1v) is 7.87. The highest BCUT2D eigenvalue weighted by atomic mass is 127. The van der Waals surface area contributed by atoms with Crippen molar-refractivity contribution in [1.29, 1.82) is 0 Å². The number of hydrogen-bond donors (Lipinski definition) is 0. The molecule has 19 heavy (non-hydrogen) atoms. The van der Waals surface area contributed by atoms with Crippen LogP contribution < -0.4 is 0 Å². The number of ether oxygens (including phenoxy) is 1. The molecule has 3 heterocycles. The zero-order valence-electron chi connectivity index (χ0n) is 11.1. The molecule has 0 spiro atoms. The van der Waals surface area contributed by atoms with Crippen LogP contribution in [0.15, 0.2) is 0 Å². The average Bonchev–Trinajstić information content (AvgIpc) is 2.77. The first-order valence-electron chi connectivity index (χ1n) is 6.79. The van der Waals surface area contributed by atoms with Gasteiger partial charge in [0.2, 0.25) is 5.91 Å². The summed E-state index contributed by atoms with van der Waals surface area (Å²) in [6.45, 7) is 3.94. The molecule has 3 rings (SSSR count). The van der Waals surface area contributed by atoms with E-state index in [1.165, 1.54) is 17.7 Å². The van der Waals surface area contributed by atoms with E-state index < -0.39 is 0 Å². The van der Waals surface area contributed by atoms with Crippen molar-refractivity contribution in [3.63, 3.8) is 0 Å². The summed E-state index contributed by atoms with van der Waals surface area (Å²) in [6, 6.07) is 0. The van der Waals surface area contributed by atoms with Gasteiger partial charge in [0, 0.05) is 37.8 Å². The van der Waals surface area contributed by atoms with Gasteiger partial charge in [-0.3, -0.25) is 4.79 Å². The van der Waals surface area contributed by atoms with Crippen LogP contribution in [0, 0.1) is 3.70 Å². The van der Waals surface area contributed by atoms with Crippen molar-refractivity contribution in [3.8, 4) is 0 Å². The Morgan fingerprint density at radius 1 is 1.47 bits per heavy atom. The lowest BCUT2D eigenvalue weighted by Gasteiger charge is -2.29. The summed E-state index contributed by atoms with van der Waals surface area (Å²) in [5.74, 6) is 0.142. The average molecular weight is 375 g/mol. The largest absolute Gasteiger partial charge is 0.357 e. The third kappa shape index (κ3) is 2.52. The fourth-order valence-corrected chi connectivity index (χ4v) is 3.54. The Kier molecular flexibility index (Phi) is 3.79. The van der Waals surface area contributed by atoms with Crippen LogP contribution in [0.25, 0.3) is 0 Å². The molecular formula is C13H18IN3O2. The number of halogens is 1. The summed E-state index contributed by atoms with van der Waals surface area (Å²) >= 11 is 2.27. The molecule has 0 aliphatic carbocycles. The van der Waals surface area contributed by atoms with Gasteiger partial charge < -0.3 is 9.64 Å². The normalized spacial score (nSPS) is 23.3. The van der Waals surface area contributed by atoms with Crippen molar-refractivity contribution >= 4 is 28.5 Å². The zero-order valence-corrected chi connectivity index (χ0v) is 13.2. The Balaban J connectivity index is 1.89. The monoisotopic (exact) mass is 375 g/mol. The Morgan fingerprint density at radius 3 is 3.00 bits per heavy atom. The lowest BCUT2D eigenvalue weighted by molar-refractivity contribution is -0.129. The Morgan fingerprint density at radius 2 is 2.32 bits per heavy atom. The fourth-order valence-electron chi connectivity index (χ4n) is 2.83. The molecule has 1 unspecified atom stereocenters. The van der Waals surface area contributed by atoms with Crippen LogP contribution >= 0.6 is 22.6 Å². The lowest BCUT2D eigenvalue weighted by Crippen LogP contribution is -2.35. The summed E-state index contributed by atoms with van der Waals surface area (Å²) in [5, 5.41) is 4.65. The SMILES string of the molecule is CC(=O)N1CCc2c(c(I)nn2C2CCCCO2)C1. The van der Waals surface area contributed by atoms with E-state index in [-0.39, 0.29) is 12.1 Å². The highest BCUT2D eigenvalue weighted by Crippen LogP contribution is 2.30. The summed E-state index contributed by atoms with van der Waals surface area (Å²) in [4.78, 5) is 13.4. The third-order valence-corrected chi connectivity index (χ3v) is 4.78. The highest BCUT2D eigenvalue weighted by molar-refractivity contribution is 14.1. The predicted molar refractivity (Wildman–Crippen MR) is 78.6 cm³/mol. The zero-order chi connectivity index (χ0) is 13.4. The molecule has 0 aromatic carbocycles. The third-order valence-electron chi connectivity index (χ3n) is 3.91. The van der Waals surface area contributed by atoms with Crippen molar-refractivity contribution in [2.45, 2.75) is 45.4 Å². The molecule has 5 nitrogen and oxygen atoms in total. The molecule has 104 valence electrons. The highest BCUT2D eigenvalue weighted by Gasteiger charge is 2.28. The summed E-state index contributed by atoms with van der Waals surface area (Å²) in [6.07, 6.45) is 4.37. The number of amides is 1. The van der Waals surface area contributed by atoms with Crippen LogP contribution in [-0.2, 0) is 22.5 Å². The van der Waals surface area contributed by atoms with Crippen LogP contribution in [0.3, 0.4) is 0 Å². The van der Waals surface area contributed by atoms with Crippen LogP contribution in [0.2, 0.25) is 0 Å². The van der Waals surface area contributed by atoms with Gasteiger partial charge in [0.15, 0.2) is 6.23 Å². The number of rotatable bonds is 1. The standard InChI is InChI=1S/C13H18IN3O2/c1-9(18)16-6-5-11-10(8-16)13(14)15-17(11)12-4-2-3-7-19-12/h12H,2-8H2,1H3. The number of hydrogen-bond acceptors (Lipinski definition) is 3. The second-order valence-corrected chi connectivity index (χ2v) is 6.19. The van der Waals surface area contributed by atoms with Gasteiger partial charge in [-0.25, -0.2) is 4.68 Å². The molecule has 1 amide bonds. The first kappa shape index (κ1) is 13.4.